The first-order valence-corrected chi connectivity index (χ1v) is 7.72. The fourth-order valence-electron chi connectivity index (χ4n) is 1.97. The molecule has 0 saturated carbocycles. The molecule has 0 saturated heterocycles. The van der Waals surface area contributed by atoms with Crippen LogP contribution in [0.1, 0.15) is 28.4 Å². The van der Waals surface area contributed by atoms with Gasteiger partial charge in [0.25, 0.3) is 0 Å². The summed E-state index contributed by atoms with van der Waals surface area (Å²) < 4.78 is 11.4. The fourth-order valence-corrected chi connectivity index (χ4v) is 2.23. The van der Waals surface area contributed by atoms with Gasteiger partial charge in [0, 0.05) is 10.0 Å². The molecule has 2 aromatic rings. The van der Waals surface area contributed by atoms with Crippen molar-refractivity contribution in [1.82, 2.24) is 0 Å². The monoisotopic (exact) mass is 360 g/mol. The predicted octanol–water partition coefficient (Wildman–Crippen LogP) is 4.80. The molecule has 0 aliphatic rings. The molecule has 0 heterocycles. The van der Waals surface area contributed by atoms with Crippen molar-refractivity contribution in [1.29, 1.82) is 0 Å². The molecule has 0 aromatic heterocycles. The third-order valence-electron chi connectivity index (χ3n) is 3.07. The van der Waals surface area contributed by atoms with Gasteiger partial charge in [0.1, 0.15) is 5.75 Å². The second-order valence-corrected chi connectivity index (χ2v) is 5.48. The van der Waals surface area contributed by atoms with Gasteiger partial charge in [-0.3, -0.25) is 0 Å². The quantitative estimate of drug-likeness (QED) is 0.567. The second-order valence-electron chi connectivity index (χ2n) is 4.56. The summed E-state index contributed by atoms with van der Waals surface area (Å²) in [5.74, 6) is 0.379. The molecule has 0 spiro atoms. The standard InChI is InChI=1S/C18H17BrO3/c1-3-22-18(20)15-8-11-17(21-2)14(12-15)7-4-13-5-9-16(19)10-6-13/h4-12H,3H2,1-2H3. The Morgan fingerprint density at radius 3 is 2.50 bits per heavy atom. The first kappa shape index (κ1) is 16.3. The SMILES string of the molecule is CCOC(=O)c1ccc(OC)c(C=Cc2ccc(Br)cc2)c1. The number of rotatable bonds is 5. The topological polar surface area (TPSA) is 35.5 Å². The number of benzene rings is 2. The predicted molar refractivity (Wildman–Crippen MR) is 92.0 cm³/mol. The van der Waals surface area contributed by atoms with Crippen LogP contribution in [0.2, 0.25) is 0 Å². The Morgan fingerprint density at radius 1 is 1.14 bits per heavy atom. The van der Waals surface area contributed by atoms with E-state index in [1.807, 2.05) is 36.4 Å². The van der Waals surface area contributed by atoms with E-state index >= 15 is 0 Å². The molecule has 0 N–H and O–H groups in total. The molecule has 114 valence electrons. The van der Waals surface area contributed by atoms with E-state index in [2.05, 4.69) is 15.9 Å². The highest BCUT2D eigenvalue weighted by atomic mass is 79.9. The van der Waals surface area contributed by atoms with Gasteiger partial charge >= 0.3 is 5.97 Å². The maximum absolute atomic E-state index is 11.8. The Balaban J connectivity index is 2.29. The van der Waals surface area contributed by atoms with Gasteiger partial charge < -0.3 is 9.47 Å². The van der Waals surface area contributed by atoms with Crippen molar-refractivity contribution in [2.75, 3.05) is 13.7 Å². The zero-order chi connectivity index (χ0) is 15.9. The summed E-state index contributed by atoms with van der Waals surface area (Å²) in [5, 5.41) is 0. The van der Waals surface area contributed by atoms with Crippen LogP contribution in [-0.2, 0) is 4.74 Å². The van der Waals surface area contributed by atoms with Crippen molar-refractivity contribution >= 4 is 34.1 Å². The number of ether oxygens (including phenoxy) is 2. The second kappa shape index (κ2) is 7.80. The first-order chi connectivity index (χ1) is 10.6. The molecular formula is C18H17BrO3. The van der Waals surface area contributed by atoms with E-state index in [4.69, 9.17) is 9.47 Å². The van der Waals surface area contributed by atoms with E-state index < -0.39 is 0 Å². The summed E-state index contributed by atoms with van der Waals surface area (Å²) in [7, 11) is 1.61. The van der Waals surface area contributed by atoms with E-state index in [0.29, 0.717) is 17.9 Å². The maximum atomic E-state index is 11.8. The van der Waals surface area contributed by atoms with Crippen molar-refractivity contribution in [3.05, 3.63) is 63.6 Å². The highest BCUT2D eigenvalue weighted by Crippen LogP contribution is 2.23. The fraction of sp³-hybridized carbons (Fsp3) is 0.167. The Hall–Kier alpha value is -2.07. The number of halogens is 1. The van der Waals surface area contributed by atoms with Gasteiger partial charge in [-0.25, -0.2) is 4.79 Å². The lowest BCUT2D eigenvalue weighted by molar-refractivity contribution is 0.0526. The van der Waals surface area contributed by atoms with E-state index in [1.165, 1.54) is 0 Å². The number of esters is 1. The minimum atomic E-state index is -0.330. The Morgan fingerprint density at radius 2 is 1.86 bits per heavy atom. The van der Waals surface area contributed by atoms with Crippen LogP contribution in [0.3, 0.4) is 0 Å². The molecule has 0 aliphatic carbocycles. The largest absolute Gasteiger partial charge is 0.496 e. The molecule has 0 bridgehead atoms. The lowest BCUT2D eigenvalue weighted by atomic mass is 10.1. The smallest absolute Gasteiger partial charge is 0.338 e. The van der Waals surface area contributed by atoms with Gasteiger partial charge in [-0.15, -0.1) is 0 Å². The van der Waals surface area contributed by atoms with Crippen LogP contribution in [0.25, 0.3) is 12.2 Å². The molecule has 0 fully saturated rings. The summed E-state index contributed by atoms with van der Waals surface area (Å²) in [4.78, 5) is 11.8. The van der Waals surface area contributed by atoms with E-state index in [0.717, 1.165) is 15.6 Å². The van der Waals surface area contributed by atoms with Crippen molar-refractivity contribution in [3.8, 4) is 5.75 Å². The first-order valence-electron chi connectivity index (χ1n) is 6.93. The molecule has 0 radical (unpaired) electrons. The third-order valence-corrected chi connectivity index (χ3v) is 3.59. The normalized spacial score (nSPS) is 10.7. The van der Waals surface area contributed by atoms with Crippen LogP contribution < -0.4 is 4.74 Å². The minimum absolute atomic E-state index is 0.330. The van der Waals surface area contributed by atoms with Gasteiger partial charge in [-0.05, 0) is 42.8 Å². The zero-order valence-electron chi connectivity index (χ0n) is 12.5. The number of methoxy groups -OCH3 is 1. The summed E-state index contributed by atoms with van der Waals surface area (Å²) in [6.45, 7) is 2.14. The van der Waals surface area contributed by atoms with Gasteiger partial charge in [0.2, 0.25) is 0 Å². The van der Waals surface area contributed by atoms with Crippen LogP contribution >= 0.6 is 15.9 Å². The van der Waals surface area contributed by atoms with E-state index in [1.54, 1.807) is 32.2 Å². The highest BCUT2D eigenvalue weighted by Gasteiger charge is 2.09. The summed E-state index contributed by atoms with van der Waals surface area (Å²) in [6, 6.07) is 13.2. The van der Waals surface area contributed by atoms with Gasteiger partial charge in [-0.2, -0.15) is 0 Å². The van der Waals surface area contributed by atoms with Crippen LogP contribution in [0.15, 0.2) is 46.9 Å². The third kappa shape index (κ3) is 4.21. The van der Waals surface area contributed by atoms with Crippen molar-refractivity contribution in [2.24, 2.45) is 0 Å². The molecular weight excluding hydrogens is 344 g/mol. The van der Waals surface area contributed by atoms with Crippen LogP contribution in [-0.4, -0.2) is 19.7 Å². The Labute approximate surface area is 138 Å². The molecule has 0 amide bonds. The van der Waals surface area contributed by atoms with Crippen LogP contribution in [0, 0.1) is 0 Å². The van der Waals surface area contributed by atoms with Crippen molar-refractivity contribution < 1.29 is 14.3 Å². The highest BCUT2D eigenvalue weighted by molar-refractivity contribution is 9.10. The van der Waals surface area contributed by atoms with Crippen molar-refractivity contribution in [2.45, 2.75) is 6.92 Å². The van der Waals surface area contributed by atoms with E-state index in [9.17, 15) is 4.79 Å². The molecule has 2 rings (SSSR count). The van der Waals surface area contributed by atoms with E-state index in [-0.39, 0.29) is 5.97 Å². The molecule has 0 unspecified atom stereocenters. The maximum Gasteiger partial charge on any atom is 0.338 e. The molecule has 22 heavy (non-hydrogen) atoms. The van der Waals surface area contributed by atoms with Gasteiger partial charge in [-0.1, -0.05) is 40.2 Å². The number of hydrogen-bond acceptors (Lipinski definition) is 3. The summed E-state index contributed by atoms with van der Waals surface area (Å²) in [5.41, 5.74) is 2.40. The van der Waals surface area contributed by atoms with Gasteiger partial charge in [0.15, 0.2) is 0 Å². The minimum Gasteiger partial charge on any atom is -0.496 e. The molecule has 3 nitrogen and oxygen atoms in total. The average molecular weight is 361 g/mol. The number of hydrogen-bond donors (Lipinski definition) is 0. The molecule has 4 heteroatoms. The lowest BCUT2D eigenvalue weighted by Crippen LogP contribution is -2.05. The van der Waals surface area contributed by atoms with Crippen LogP contribution in [0.5, 0.6) is 5.75 Å². The van der Waals surface area contributed by atoms with Gasteiger partial charge in [0.05, 0.1) is 19.3 Å². The molecule has 0 aliphatic heterocycles. The van der Waals surface area contributed by atoms with Crippen molar-refractivity contribution in [3.63, 3.8) is 0 Å². The summed E-state index contributed by atoms with van der Waals surface area (Å²) in [6.07, 6.45) is 3.89. The Bertz CT molecular complexity index is 675. The average Bonchev–Trinajstić information content (AvgIpc) is 2.54. The summed E-state index contributed by atoms with van der Waals surface area (Å²) >= 11 is 3.41. The molecule has 2 aromatic carbocycles. The lowest BCUT2D eigenvalue weighted by Gasteiger charge is -2.07. The zero-order valence-corrected chi connectivity index (χ0v) is 14.1. The Kier molecular flexibility index (Phi) is 5.78. The van der Waals surface area contributed by atoms with Crippen LogP contribution in [0.4, 0.5) is 0 Å². The number of carbonyl (C=O) groups excluding carboxylic acids is 1. The molecule has 0 atom stereocenters. The number of carbonyl (C=O) groups is 1.